The topological polar surface area (TPSA) is 52.2 Å². The van der Waals surface area contributed by atoms with Gasteiger partial charge in [0.1, 0.15) is 0 Å². The summed E-state index contributed by atoms with van der Waals surface area (Å²) in [5.41, 5.74) is -0.752. The largest absolute Gasteiger partial charge is 0.417 e. The predicted molar refractivity (Wildman–Crippen MR) is 95.7 cm³/mol. The summed E-state index contributed by atoms with van der Waals surface area (Å²) < 4.78 is 41.7. The molecule has 10 heteroatoms. The third kappa shape index (κ3) is 2.76. The molecule has 0 fully saturated rings. The molecule has 0 aliphatic rings. The average Bonchev–Trinajstić information content (AvgIpc) is 3.05. The number of hydrogen-bond donors (Lipinski definition) is 0. The zero-order chi connectivity index (χ0) is 19.3. The van der Waals surface area contributed by atoms with Crippen molar-refractivity contribution < 1.29 is 13.2 Å². The van der Waals surface area contributed by atoms with Crippen molar-refractivity contribution in [1.29, 1.82) is 0 Å². The van der Waals surface area contributed by atoms with Gasteiger partial charge < -0.3 is 0 Å². The average molecular weight is 413 g/mol. The molecule has 0 aliphatic heterocycles. The van der Waals surface area contributed by atoms with E-state index in [-0.39, 0.29) is 17.3 Å². The van der Waals surface area contributed by atoms with Gasteiger partial charge in [-0.1, -0.05) is 23.7 Å². The number of aromatic nitrogens is 4. The first-order chi connectivity index (χ1) is 12.8. The Hall–Kier alpha value is -2.58. The molecule has 0 aliphatic carbocycles. The number of hydrogen-bond acceptors (Lipinski definition) is 3. The molecule has 27 heavy (non-hydrogen) atoms. The lowest BCUT2D eigenvalue weighted by molar-refractivity contribution is -0.137. The minimum atomic E-state index is -4.60. The first-order valence-electron chi connectivity index (χ1n) is 7.64. The Kier molecular flexibility index (Phi) is 4.12. The van der Waals surface area contributed by atoms with Crippen LogP contribution < -0.4 is 5.56 Å². The summed E-state index contributed by atoms with van der Waals surface area (Å²) in [6.07, 6.45) is -4.60. The first-order valence-corrected chi connectivity index (χ1v) is 8.55. The summed E-state index contributed by atoms with van der Waals surface area (Å²) in [6.45, 7) is 0. The van der Waals surface area contributed by atoms with Crippen molar-refractivity contribution in [2.75, 3.05) is 0 Å². The molecular formula is C17H9Cl2F3N4O. The molecule has 0 unspecified atom stereocenters. The second-order valence-corrected chi connectivity index (χ2v) is 6.38. The van der Waals surface area contributed by atoms with E-state index in [2.05, 4.69) is 10.2 Å². The van der Waals surface area contributed by atoms with Crippen LogP contribution in [0.15, 0.2) is 47.3 Å². The van der Waals surface area contributed by atoms with Crippen LogP contribution in [0.4, 0.5) is 13.2 Å². The van der Waals surface area contributed by atoms with Crippen molar-refractivity contribution in [2.24, 2.45) is 0 Å². The standard InChI is InChI=1S/C17H9Cl2F3N4O/c18-8-14-23-24-16-25(9-5-6-11(12(19)7-9)17(20,21)22)15(27)10-3-1-2-4-13(10)26(14)16/h1-7H,8H2. The van der Waals surface area contributed by atoms with Crippen LogP contribution in [0.25, 0.3) is 22.4 Å². The summed E-state index contributed by atoms with van der Waals surface area (Å²) in [5, 5.41) is 7.80. The highest BCUT2D eigenvalue weighted by atomic mass is 35.5. The Labute approximate surface area is 159 Å². The van der Waals surface area contributed by atoms with E-state index >= 15 is 0 Å². The number of benzene rings is 2. The maximum atomic E-state index is 13.0. The maximum absolute atomic E-state index is 13.0. The molecule has 4 aromatic rings. The summed E-state index contributed by atoms with van der Waals surface area (Å²) in [6, 6.07) is 9.83. The van der Waals surface area contributed by atoms with Crippen molar-refractivity contribution in [3.8, 4) is 5.69 Å². The van der Waals surface area contributed by atoms with E-state index in [4.69, 9.17) is 23.2 Å². The van der Waals surface area contributed by atoms with Gasteiger partial charge in [0, 0.05) is 0 Å². The molecule has 0 radical (unpaired) electrons. The van der Waals surface area contributed by atoms with Crippen molar-refractivity contribution in [3.05, 3.63) is 69.2 Å². The Morgan fingerprint density at radius 2 is 1.81 bits per heavy atom. The number of para-hydroxylation sites is 1. The van der Waals surface area contributed by atoms with Gasteiger partial charge in [-0.2, -0.15) is 13.2 Å². The molecule has 5 nitrogen and oxygen atoms in total. The number of rotatable bonds is 2. The molecule has 138 valence electrons. The predicted octanol–water partition coefficient (Wildman–Crippen LogP) is 4.44. The van der Waals surface area contributed by atoms with Crippen molar-refractivity contribution >= 4 is 39.9 Å². The molecule has 0 N–H and O–H groups in total. The fraction of sp³-hybridized carbons (Fsp3) is 0.118. The second-order valence-electron chi connectivity index (χ2n) is 5.70. The van der Waals surface area contributed by atoms with Crippen LogP contribution in [0, 0.1) is 0 Å². The zero-order valence-corrected chi connectivity index (χ0v) is 14.8. The number of halogens is 5. The third-order valence-electron chi connectivity index (χ3n) is 4.13. The van der Waals surface area contributed by atoms with E-state index in [0.717, 1.165) is 16.7 Å². The lowest BCUT2D eigenvalue weighted by Gasteiger charge is -2.13. The van der Waals surface area contributed by atoms with Gasteiger partial charge in [-0.05, 0) is 30.3 Å². The molecule has 2 heterocycles. The number of fused-ring (bicyclic) bond motifs is 3. The molecule has 0 spiro atoms. The lowest BCUT2D eigenvalue weighted by atomic mass is 10.2. The van der Waals surface area contributed by atoms with E-state index in [1.54, 1.807) is 28.7 Å². The van der Waals surface area contributed by atoms with Gasteiger partial charge in [-0.25, -0.2) is 4.57 Å². The summed E-state index contributed by atoms with van der Waals surface area (Å²) in [7, 11) is 0. The van der Waals surface area contributed by atoms with Crippen LogP contribution >= 0.6 is 23.2 Å². The van der Waals surface area contributed by atoms with E-state index in [1.807, 2.05) is 0 Å². The quantitative estimate of drug-likeness (QED) is 0.457. The molecule has 0 atom stereocenters. The van der Waals surface area contributed by atoms with Crippen LogP contribution in [-0.4, -0.2) is 19.2 Å². The van der Waals surface area contributed by atoms with E-state index in [0.29, 0.717) is 16.7 Å². The first kappa shape index (κ1) is 17.8. The van der Waals surface area contributed by atoms with Gasteiger partial charge in [0.15, 0.2) is 5.82 Å². The molecule has 0 saturated carbocycles. The Balaban J connectivity index is 2.10. The highest BCUT2D eigenvalue weighted by Crippen LogP contribution is 2.35. The smallest absolute Gasteiger partial charge is 0.268 e. The Bertz CT molecular complexity index is 1250. The van der Waals surface area contributed by atoms with Crippen molar-refractivity contribution in [3.63, 3.8) is 0 Å². The van der Waals surface area contributed by atoms with Gasteiger partial charge in [0.25, 0.3) is 5.56 Å². The molecule has 2 aromatic carbocycles. The van der Waals surface area contributed by atoms with Crippen LogP contribution in [-0.2, 0) is 12.1 Å². The number of alkyl halides is 4. The Morgan fingerprint density at radius 1 is 1.07 bits per heavy atom. The number of nitrogens with zero attached hydrogens (tertiary/aromatic N) is 4. The molecule has 0 amide bonds. The molecule has 4 rings (SSSR count). The van der Waals surface area contributed by atoms with Gasteiger partial charge in [0.05, 0.1) is 33.1 Å². The van der Waals surface area contributed by atoms with Gasteiger partial charge in [-0.3, -0.25) is 9.20 Å². The molecule has 2 aromatic heterocycles. The third-order valence-corrected chi connectivity index (χ3v) is 4.68. The molecular weight excluding hydrogens is 404 g/mol. The fourth-order valence-corrected chi connectivity index (χ4v) is 3.41. The highest BCUT2D eigenvalue weighted by Gasteiger charge is 2.33. The lowest BCUT2D eigenvalue weighted by Crippen LogP contribution is -2.22. The van der Waals surface area contributed by atoms with Crippen molar-refractivity contribution in [1.82, 2.24) is 19.2 Å². The van der Waals surface area contributed by atoms with Gasteiger partial charge in [-0.15, -0.1) is 21.8 Å². The zero-order valence-electron chi connectivity index (χ0n) is 13.3. The minimum Gasteiger partial charge on any atom is -0.268 e. The normalized spacial score (nSPS) is 12.2. The molecule has 0 saturated heterocycles. The van der Waals surface area contributed by atoms with Crippen LogP contribution in [0.5, 0.6) is 0 Å². The van der Waals surface area contributed by atoms with Gasteiger partial charge >= 0.3 is 6.18 Å². The van der Waals surface area contributed by atoms with Crippen LogP contribution in [0.2, 0.25) is 5.02 Å². The summed E-state index contributed by atoms with van der Waals surface area (Å²) >= 11 is 11.7. The second kappa shape index (κ2) is 6.24. The van der Waals surface area contributed by atoms with Gasteiger partial charge in [0.2, 0.25) is 5.78 Å². The monoisotopic (exact) mass is 412 g/mol. The SMILES string of the molecule is O=c1c2ccccc2n2c(CCl)nnc2n1-c1ccc(C(F)(F)F)c(Cl)c1. The van der Waals surface area contributed by atoms with Crippen LogP contribution in [0.3, 0.4) is 0 Å². The minimum absolute atomic E-state index is 0.0388. The fourth-order valence-electron chi connectivity index (χ4n) is 2.95. The van der Waals surface area contributed by atoms with Crippen molar-refractivity contribution in [2.45, 2.75) is 12.1 Å². The van der Waals surface area contributed by atoms with E-state index in [1.165, 1.54) is 6.07 Å². The maximum Gasteiger partial charge on any atom is 0.417 e. The summed E-state index contributed by atoms with van der Waals surface area (Å²) in [5.74, 6) is 0.566. The van der Waals surface area contributed by atoms with Crippen LogP contribution in [0.1, 0.15) is 11.4 Å². The van der Waals surface area contributed by atoms with E-state index < -0.39 is 22.3 Å². The Morgan fingerprint density at radius 3 is 2.48 bits per heavy atom. The van der Waals surface area contributed by atoms with E-state index in [9.17, 15) is 18.0 Å². The molecule has 0 bridgehead atoms. The highest BCUT2D eigenvalue weighted by molar-refractivity contribution is 6.31. The summed E-state index contributed by atoms with van der Waals surface area (Å²) in [4.78, 5) is 13.0.